The fraction of sp³-hybridized carbons (Fsp3) is 0.816. The lowest BCUT2D eigenvalue weighted by molar-refractivity contribution is -0.161. The van der Waals surface area contributed by atoms with Crippen LogP contribution in [0.5, 0.6) is 0 Å². The molecule has 12 nitrogen and oxygen atoms in total. The van der Waals surface area contributed by atoms with Crippen molar-refractivity contribution in [2.24, 2.45) is 17.6 Å². The minimum Gasteiger partial charge on any atom is -0.462 e. The molecule has 1 aliphatic carbocycles. The van der Waals surface area contributed by atoms with Crippen molar-refractivity contribution >= 4 is 25.5 Å². The maximum atomic E-state index is 12.7. The van der Waals surface area contributed by atoms with Crippen molar-refractivity contribution in [1.82, 2.24) is 0 Å². The molecule has 1 fully saturated rings. The van der Waals surface area contributed by atoms with Crippen LogP contribution in [0.25, 0.3) is 0 Å². The van der Waals surface area contributed by atoms with Gasteiger partial charge in [0.05, 0.1) is 25.4 Å². The number of allylic oxidation sites excluding steroid dienone is 5. The Kier molecular flexibility index (Phi) is 36.6. The number of Topliss-reactive ketones (excluding diaryl/α,β-unsaturated/α-hetero) is 1. The van der Waals surface area contributed by atoms with E-state index in [2.05, 4.69) is 26.0 Å². The third-order valence-corrected chi connectivity index (χ3v) is 12.4. The van der Waals surface area contributed by atoms with E-state index in [-0.39, 0.29) is 50.7 Å². The molecule has 1 unspecified atom stereocenters. The molecule has 13 heteroatoms. The van der Waals surface area contributed by atoms with E-state index in [1.807, 2.05) is 12.2 Å². The molecule has 0 heterocycles. The van der Waals surface area contributed by atoms with Crippen LogP contribution in [0.2, 0.25) is 0 Å². The molecule has 0 aromatic rings. The molecule has 0 radical (unpaired) electrons. The molecule has 0 aromatic heterocycles. The average molecular weight is 898 g/mol. The molecular formula is C49H88NO11P. The lowest BCUT2D eigenvalue weighted by Gasteiger charge is -2.19. The fourth-order valence-corrected chi connectivity index (χ4v) is 8.38. The number of unbranched alkanes of at least 4 members (excludes halogenated alkanes) is 20. The highest BCUT2D eigenvalue weighted by molar-refractivity contribution is 7.47. The van der Waals surface area contributed by atoms with E-state index in [9.17, 15) is 34.1 Å². The first-order chi connectivity index (χ1) is 30.0. The SMILES string of the molecule is CCCCCCCC/C=C\CCCCCCCCCCCCCC(=O)O[C@H](COC(=O)CCC/C=C\C[C@H]1[C@@H](O)CC(=O)[C@@H]1/C=C/[C@@H](O)CCCCC)COP(=O)(O)OCCN. The van der Waals surface area contributed by atoms with Gasteiger partial charge in [-0.05, 0) is 57.8 Å². The molecule has 5 N–H and O–H groups in total. The van der Waals surface area contributed by atoms with Gasteiger partial charge in [-0.2, -0.15) is 0 Å². The standard InChI is InChI=1S/C49H88NO11P/c1-3-5-7-8-9-10-11-12-13-14-15-16-17-18-19-20-21-22-23-24-30-34-49(55)61-43(41-60-62(56,57)59-38-37-50)40-58-48(54)33-29-26-25-28-32-44-45(47(53)39-46(44)52)36-35-42(51)31-27-6-4-2/h12-13,25,28,35-36,42-46,51-52H,3-11,14-24,26-27,29-34,37-41,50H2,1-2H3,(H,56,57)/b13-12-,28-25-,36-35+/t42-,43+,44+,45+,46-/m0/s1. The van der Waals surface area contributed by atoms with Gasteiger partial charge in [0.2, 0.25) is 0 Å². The zero-order valence-electron chi connectivity index (χ0n) is 38.8. The van der Waals surface area contributed by atoms with Crippen LogP contribution in [0.3, 0.4) is 0 Å². The maximum Gasteiger partial charge on any atom is 0.472 e. The van der Waals surface area contributed by atoms with E-state index in [0.29, 0.717) is 32.1 Å². The second-order valence-corrected chi connectivity index (χ2v) is 18.6. The Labute approximate surface area is 375 Å². The summed E-state index contributed by atoms with van der Waals surface area (Å²) in [5, 5.41) is 20.7. The van der Waals surface area contributed by atoms with E-state index in [0.717, 1.165) is 38.5 Å². The van der Waals surface area contributed by atoms with Crippen molar-refractivity contribution in [2.75, 3.05) is 26.4 Å². The molecular weight excluding hydrogens is 810 g/mol. The maximum absolute atomic E-state index is 12.7. The molecule has 6 atom stereocenters. The first kappa shape index (κ1) is 57.8. The van der Waals surface area contributed by atoms with Crippen molar-refractivity contribution < 1.29 is 52.6 Å². The lowest BCUT2D eigenvalue weighted by Crippen LogP contribution is -2.29. The molecule has 0 spiro atoms. The molecule has 360 valence electrons. The van der Waals surface area contributed by atoms with Crippen molar-refractivity contribution in [1.29, 1.82) is 0 Å². The van der Waals surface area contributed by atoms with Gasteiger partial charge in [0.25, 0.3) is 0 Å². The number of aliphatic hydroxyl groups excluding tert-OH is 2. The zero-order valence-corrected chi connectivity index (χ0v) is 39.7. The Bertz CT molecular complexity index is 1270. The van der Waals surface area contributed by atoms with Crippen LogP contribution >= 0.6 is 7.82 Å². The van der Waals surface area contributed by atoms with Gasteiger partial charge in [-0.15, -0.1) is 0 Å². The molecule has 0 aliphatic heterocycles. The van der Waals surface area contributed by atoms with Crippen LogP contribution in [-0.4, -0.2) is 77.5 Å². The number of phosphoric ester groups is 1. The number of aliphatic hydroxyl groups is 2. The molecule has 0 amide bonds. The molecule has 0 saturated heterocycles. The van der Waals surface area contributed by atoms with Gasteiger partial charge in [0, 0.05) is 37.6 Å². The summed E-state index contributed by atoms with van der Waals surface area (Å²) >= 11 is 0. The highest BCUT2D eigenvalue weighted by Crippen LogP contribution is 2.43. The minimum absolute atomic E-state index is 0.0150. The number of nitrogens with two attached hydrogens (primary N) is 1. The molecule has 0 bridgehead atoms. The summed E-state index contributed by atoms with van der Waals surface area (Å²) in [7, 11) is -4.45. The van der Waals surface area contributed by atoms with Crippen LogP contribution in [0, 0.1) is 11.8 Å². The number of hydrogen-bond acceptors (Lipinski definition) is 11. The van der Waals surface area contributed by atoms with E-state index < -0.39 is 50.6 Å². The Morgan fingerprint density at radius 2 is 1.26 bits per heavy atom. The van der Waals surface area contributed by atoms with Crippen molar-refractivity contribution in [2.45, 2.75) is 218 Å². The number of phosphoric acid groups is 1. The van der Waals surface area contributed by atoms with Crippen molar-refractivity contribution in [3.63, 3.8) is 0 Å². The van der Waals surface area contributed by atoms with Gasteiger partial charge >= 0.3 is 19.8 Å². The highest BCUT2D eigenvalue weighted by Gasteiger charge is 2.39. The van der Waals surface area contributed by atoms with Gasteiger partial charge in [-0.3, -0.25) is 23.4 Å². The number of hydrogen-bond donors (Lipinski definition) is 4. The number of rotatable bonds is 42. The number of carbonyl (C=O) groups excluding carboxylic acids is 3. The first-order valence-corrected chi connectivity index (χ1v) is 26.1. The monoisotopic (exact) mass is 898 g/mol. The second-order valence-electron chi connectivity index (χ2n) is 17.1. The highest BCUT2D eigenvalue weighted by atomic mass is 31.2. The smallest absolute Gasteiger partial charge is 0.462 e. The Hall–Kier alpha value is -2.18. The summed E-state index contributed by atoms with van der Waals surface area (Å²) in [6, 6.07) is 0. The first-order valence-electron chi connectivity index (χ1n) is 24.6. The van der Waals surface area contributed by atoms with Crippen LogP contribution in [0.4, 0.5) is 0 Å². The average Bonchev–Trinajstić information content (AvgIpc) is 3.52. The summed E-state index contributed by atoms with van der Waals surface area (Å²) in [6.07, 6.45) is 38.3. The Balaban J connectivity index is 2.31. The quantitative estimate of drug-likeness (QED) is 0.0196. The van der Waals surface area contributed by atoms with Gasteiger partial charge in [-0.1, -0.05) is 159 Å². The van der Waals surface area contributed by atoms with E-state index in [1.165, 1.54) is 96.3 Å². The zero-order chi connectivity index (χ0) is 45.5. The molecule has 0 aromatic carbocycles. The van der Waals surface area contributed by atoms with E-state index in [4.69, 9.17) is 24.3 Å². The topological polar surface area (TPSA) is 192 Å². The summed E-state index contributed by atoms with van der Waals surface area (Å²) in [5.41, 5.74) is 5.35. The fourth-order valence-electron chi connectivity index (χ4n) is 7.61. The predicted molar refractivity (Wildman–Crippen MR) is 248 cm³/mol. The summed E-state index contributed by atoms with van der Waals surface area (Å²) in [6.45, 7) is 3.34. The third-order valence-electron chi connectivity index (χ3n) is 11.4. The molecule has 62 heavy (non-hydrogen) atoms. The van der Waals surface area contributed by atoms with Crippen molar-refractivity contribution in [3.05, 3.63) is 36.5 Å². The second kappa shape index (κ2) is 39.2. The number of carbonyl (C=O) groups is 3. The summed E-state index contributed by atoms with van der Waals surface area (Å²) in [5.74, 6) is -1.76. The number of ketones is 1. The largest absolute Gasteiger partial charge is 0.472 e. The van der Waals surface area contributed by atoms with Crippen LogP contribution in [0.1, 0.15) is 200 Å². The third kappa shape index (κ3) is 32.5. The molecule has 1 saturated carbocycles. The molecule has 1 rings (SSSR count). The Morgan fingerprint density at radius 1 is 0.726 bits per heavy atom. The summed E-state index contributed by atoms with van der Waals surface area (Å²) < 4.78 is 32.8. The minimum atomic E-state index is -4.45. The molecule has 1 aliphatic rings. The van der Waals surface area contributed by atoms with Gasteiger partial charge in [0.1, 0.15) is 12.4 Å². The number of esters is 2. The van der Waals surface area contributed by atoms with Crippen molar-refractivity contribution in [3.8, 4) is 0 Å². The Morgan fingerprint density at radius 3 is 1.87 bits per heavy atom. The van der Waals surface area contributed by atoms with E-state index >= 15 is 0 Å². The normalized spacial score (nSPS) is 18.9. The number of ether oxygens (including phenoxy) is 2. The van der Waals surface area contributed by atoms with Crippen LogP contribution < -0.4 is 5.73 Å². The summed E-state index contributed by atoms with van der Waals surface area (Å²) in [4.78, 5) is 47.7. The predicted octanol–water partition coefficient (Wildman–Crippen LogP) is 11.1. The lowest BCUT2D eigenvalue weighted by atomic mass is 9.90. The van der Waals surface area contributed by atoms with E-state index in [1.54, 1.807) is 12.2 Å². The van der Waals surface area contributed by atoms with Gasteiger partial charge in [0.15, 0.2) is 6.10 Å². The van der Waals surface area contributed by atoms with Gasteiger partial charge in [-0.25, -0.2) is 4.57 Å². The van der Waals surface area contributed by atoms with Gasteiger partial charge < -0.3 is 30.3 Å². The van der Waals surface area contributed by atoms with Crippen LogP contribution in [-0.2, 0) is 37.5 Å². The van der Waals surface area contributed by atoms with Crippen LogP contribution in [0.15, 0.2) is 36.5 Å².